The highest BCUT2D eigenvalue weighted by Gasteiger charge is 2.08. The molecular formula is C15H16N2O2S. The second-order valence-electron chi connectivity index (χ2n) is 4.48. The summed E-state index contributed by atoms with van der Waals surface area (Å²) in [5.41, 5.74) is 1.47. The Morgan fingerprint density at radius 1 is 1.15 bits per heavy atom. The molecule has 0 saturated carbocycles. The first-order valence-electron chi connectivity index (χ1n) is 6.43. The summed E-state index contributed by atoms with van der Waals surface area (Å²) in [7, 11) is -2.97. The monoisotopic (exact) mass is 288 g/mol. The van der Waals surface area contributed by atoms with E-state index in [0.717, 1.165) is 16.5 Å². The van der Waals surface area contributed by atoms with Crippen LogP contribution in [-0.4, -0.2) is 26.5 Å². The Bertz CT molecular complexity index is 761. The largest absolute Gasteiger partial charge is 0.384 e. The number of sulfone groups is 1. The van der Waals surface area contributed by atoms with Crippen LogP contribution in [0.3, 0.4) is 0 Å². The van der Waals surface area contributed by atoms with E-state index >= 15 is 0 Å². The Labute approximate surface area is 119 Å². The third-order valence-corrected chi connectivity index (χ3v) is 4.92. The van der Waals surface area contributed by atoms with Gasteiger partial charge < -0.3 is 5.32 Å². The summed E-state index contributed by atoms with van der Waals surface area (Å²) in [4.78, 5) is 0. The third kappa shape index (κ3) is 3.09. The third-order valence-electron chi connectivity index (χ3n) is 3.21. The number of anilines is 1. The van der Waals surface area contributed by atoms with Gasteiger partial charge in [0.1, 0.15) is 0 Å². The van der Waals surface area contributed by atoms with Crippen molar-refractivity contribution >= 4 is 26.3 Å². The van der Waals surface area contributed by atoms with Gasteiger partial charge in [0.05, 0.1) is 17.4 Å². The van der Waals surface area contributed by atoms with Crippen LogP contribution in [0, 0.1) is 11.3 Å². The highest BCUT2D eigenvalue weighted by Crippen LogP contribution is 2.26. The fraction of sp³-hybridized carbons (Fsp3) is 0.267. The molecule has 0 aliphatic carbocycles. The predicted molar refractivity (Wildman–Crippen MR) is 81.5 cm³/mol. The molecule has 0 fully saturated rings. The second kappa shape index (κ2) is 5.93. The van der Waals surface area contributed by atoms with Crippen LogP contribution in [0.2, 0.25) is 0 Å². The molecule has 0 aliphatic heterocycles. The minimum Gasteiger partial charge on any atom is -0.384 e. The summed E-state index contributed by atoms with van der Waals surface area (Å²) in [6.45, 7) is 2.01. The predicted octanol–water partition coefficient (Wildman–Crippen LogP) is 2.56. The zero-order chi connectivity index (χ0) is 14.6. The van der Waals surface area contributed by atoms with E-state index in [0.29, 0.717) is 12.1 Å². The van der Waals surface area contributed by atoms with Gasteiger partial charge in [0.25, 0.3) is 0 Å². The minimum atomic E-state index is -2.97. The van der Waals surface area contributed by atoms with E-state index in [1.807, 2.05) is 30.3 Å². The van der Waals surface area contributed by atoms with Crippen LogP contribution in [0.1, 0.15) is 12.5 Å². The van der Waals surface area contributed by atoms with Gasteiger partial charge in [-0.15, -0.1) is 0 Å². The fourth-order valence-corrected chi connectivity index (χ4v) is 2.74. The van der Waals surface area contributed by atoms with Gasteiger partial charge in [-0.2, -0.15) is 5.26 Å². The van der Waals surface area contributed by atoms with E-state index in [2.05, 4.69) is 11.4 Å². The van der Waals surface area contributed by atoms with Crippen molar-refractivity contribution in [3.63, 3.8) is 0 Å². The summed E-state index contributed by atoms with van der Waals surface area (Å²) in [5.74, 6) is 0.265. The van der Waals surface area contributed by atoms with Gasteiger partial charge >= 0.3 is 0 Å². The Morgan fingerprint density at radius 2 is 1.85 bits per heavy atom. The van der Waals surface area contributed by atoms with Crippen molar-refractivity contribution in [2.75, 3.05) is 23.4 Å². The van der Waals surface area contributed by atoms with E-state index in [1.165, 1.54) is 0 Å². The zero-order valence-electron chi connectivity index (χ0n) is 11.3. The summed E-state index contributed by atoms with van der Waals surface area (Å²) >= 11 is 0. The topological polar surface area (TPSA) is 70.0 Å². The van der Waals surface area contributed by atoms with Gasteiger partial charge in [-0.05, 0) is 12.1 Å². The van der Waals surface area contributed by atoms with Crippen LogP contribution in [0.25, 0.3) is 10.8 Å². The number of hydrogen-bond acceptors (Lipinski definition) is 4. The van der Waals surface area contributed by atoms with Crippen molar-refractivity contribution in [1.29, 1.82) is 5.26 Å². The van der Waals surface area contributed by atoms with E-state index in [9.17, 15) is 8.42 Å². The molecule has 2 aromatic carbocycles. The summed E-state index contributed by atoms with van der Waals surface area (Å²) in [6, 6.07) is 13.3. The Kier molecular flexibility index (Phi) is 4.26. The van der Waals surface area contributed by atoms with Gasteiger partial charge in [0.15, 0.2) is 9.84 Å². The number of nitrogens with zero attached hydrogens (tertiary/aromatic N) is 1. The average molecular weight is 288 g/mol. The van der Waals surface area contributed by atoms with E-state index in [-0.39, 0.29) is 11.5 Å². The first-order valence-corrected chi connectivity index (χ1v) is 8.25. The lowest BCUT2D eigenvalue weighted by atomic mass is 10.0. The van der Waals surface area contributed by atoms with Crippen molar-refractivity contribution in [3.05, 3.63) is 42.0 Å². The molecular weight excluding hydrogens is 272 g/mol. The standard InChI is InChI=1S/C15H16N2O2S/c1-2-20(18,19)10-9-17-15-8-7-12(11-16)13-5-3-4-6-14(13)15/h3-8,17H,2,9-10H2,1H3. The number of rotatable bonds is 5. The smallest absolute Gasteiger partial charge is 0.151 e. The van der Waals surface area contributed by atoms with Gasteiger partial charge in [-0.1, -0.05) is 31.2 Å². The Balaban J connectivity index is 2.26. The number of nitrogens with one attached hydrogen (secondary N) is 1. The lowest BCUT2D eigenvalue weighted by Gasteiger charge is -2.10. The van der Waals surface area contributed by atoms with Crippen molar-refractivity contribution in [3.8, 4) is 6.07 Å². The number of benzene rings is 2. The van der Waals surface area contributed by atoms with Crippen LogP contribution in [0.5, 0.6) is 0 Å². The maximum atomic E-state index is 11.5. The summed E-state index contributed by atoms with van der Waals surface area (Å²) in [6.07, 6.45) is 0. The summed E-state index contributed by atoms with van der Waals surface area (Å²) in [5, 5.41) is 14.0. The molecule has 2 aromatic rings. The molecule has 0 atom stereocenters. The van der Waals surface area contributed by atoms with Gasteiger partial charge in [0.2, 0.25) is 0 Å². The quantitative estimate of drug-likeness (QED) is 0.918. The highest BCUT2D eigenvalue weighted by atomic mass is 32.2. The van der Waals surface area contributed by atoms with Gasteiger partial charge in [0, 0.05) is 28.8 Å². The first-order chi connectivity index (χ1) is 9.57. The fourth-order valence-electron chi connectivity index (χ4n) is 2.04. The molecule has 0 unspecified atom stereocenters. The molecule has 104 valence electrons. The van der Waals surface area contributed by atoms with Crippen LogP contribution >= 0.6 is 0 Å². The number of hydrogen-bond donors (Lipinski definition) is 1. The van der Waals surface area contributed by atoms with Crippen LogP contribution in [0.15, 0.2) is 36.4 Å². The molecule has 1 N–H and O–H groups in total. The Hall–Kier alpha value is -2.06. The normalized spacial score (nSPS) is 11.2. The van der Waals surface area contributed by atoms with Gasteiger partial charge in [-0.3, -0.25) is 0 Å². The van der Waals surface area contributed by atoms with E-state index < -0.39 is 9.84 Å². The molecule has 20 heavy (non-hydrogen) atoms. The van der Waals surface area contributed by atoms with Crippen LogP contribution in [0.4, 0.5) is 5.69 Å². The van der Waals surface area contributed by atoms with Crippen LogP contribution in [-0.2, 0) is 9.84 Å². The SMILES string of the molecule is CCS(=O)(=O)CCNc1ccc(C#N)c2ccccc12. The molecule has 0 amide bonds. The van der Waals surface area contributed by atoms with Crippen molar-refractivity contribution < 1.29 is 8.42 Å². The zero-order valence-corrected chi connectivity index (χ0v) is 12.1. The summed E-state index contributed by atoms with van der Waals surface area (Å²) < 4.78 is 22.9. The maximum Gasteiger partial charge on any atom is 0.151 e. The molecule has 2 rings (SSSR count). The molecule has 0 saturated heterocycles. The average Bonchev–Trinajstić information content (AvgIpc) is 2.47. The molecule has 0 bridgehead atoms. The number of nitriles is 1. The van der Waals surface area contributed by atoms with Crippen molar-refractivity contribution in [2.24, 2.45) is 0 Å². The van der Waals surface area contributed by atoms with E-state index in [4.69, 9.17) is 5.26 Å². The minimum absolute atomic E-state index is 0.109. The highest BCUT2D eigenvalue weighted by molar-refractivity contribution is 7.91. The molecule has 0 spiro atoms. The Morgan fingerprint density at radius 3 is 2.50 bits per heavy atom. The molecule has 5 heteroatoms. The number of fused-ring (bicyclic) bond motifs is 1. The van der Waals surface area contributed by atoms with Gasteiger partial charge in [-0.25, -0.2) is 8.42 Å². The van der Waals surface area contributed by atoms with E-state index in [1.54, 1.807) is 13.0 Å². The van der Waals surface area contributed by atoms with Crippen LogP contribution < -0.4 is 5.32 Å². The molecule has 0 aromatic heterocycles. The van der Waals surface area contributed by atoms with Crippen molar-refractivity contribution in [1.82, 2.24) is 0 Å². The maximum absolute atomic E-state index is 11.5. The molecule has 0 radical (unpaired) electrons. The second-order valence-corrected chi connectivity index (χ2v) is 6.95. The lowest BCUT2D eigenvalue weighted by molar-refractivity contribution is 0.597. The van der Waals surface area contributed by atoms with Crippen molar-refractivity contribution in [2.45, 2.75) is 6.92 Å². The lowest BCUT2D eigenvalue weighted by Crippen LogP contribution is -2.17. The molecule has 0 aliphatic rings. The molecule has 4 nitrogen and oxygen atoms in total. The first kappa shape index (κ1) is 14.4. The molecule has 0 heterocycles.